The SMILES string of the molecule is CCCn1nncc1-c1n[nH]c(=S)c(C)c1C. The van der Waals surface area contributed by atoms with Gasteiger partial charge in [-0.2, -0.15) is 5.10 Å². The average Bonchev–Trinajstić information content (AvgIpc) is 2.75. The molecule has 0 atom stereocenters. The van der Waals surface area contributed by atoms with E-state index in [0.29, 0.717) is 4.64 Å². The fourth-order valence-electron chi connectivity index (χ4n) is 1.69. The maximum Gasteiger partial charge on any atom is 0.122 e. The summed E-state index contributed by atoms with van der Waals surface area (Å²) in [7, 11) is 0. The maximum atomic E-state index is 5.16. The van der Waals surface area contributed by atoms with E-state index in [4.69, 9.17) is 12.2 Å². The zero-order valence-electron chi connectivity index (χ0n) is 10.2. The highest BCUT2D eigenvalue weighted by molar-refractivity contribution is 7.71. The van der Waals surface area contributed by atoms with Crippen molar-refractivity contribution in [3.63, 3.8) is 0 Å². The Hall–Kier alpha value is -1.56. The van der Waals surface area contributed by atoms with Crippen LogP contribution in [0.3, 0.4) is 0 Å². The van der Waals surface area contributed by atoms with Crippen LogP contribution in [0.25, 0.3) is 11.4 Å². The molecular weight excluding hydrogens is 234 g/mol. The first-order chi connectivity index (χ1) is 8.15. The van der Waals surface area contributed by atoms with E-state index in [0.717, 1.165) is 35.5 Å². The van der Waals surface area contributed by atoms with E-state index in [2.05, 4.69) is 27.4 Å². The monoisotopic (exact) mass is 249 g/mol. The molecule has 0 amide bonds. The molecule has 0 aliphatic heterocycles. The second-order valence-corrected chi connectivity index (χ2v) is 4.40. The highest BCUT2D eigenvalue weighted by Gasteiger charge is 2.12. The van der Waals surface area contributed by atoms with Gasteiger partial charge in [-0.25, -0.2) is 4.68 Å². The van der Waals surface area contributed by atoms with E-state index >= 15 is 0 Å². The van der Waals surface area contributed by atoms with Crippen molar-refractivity contribution < 1.29 is 0 Å². The van der Waals surface area contributed by atoms with Gasteiger partial charge in [0.1, 0.15) is 16.0 Å². The van der Waals surface area contributed by atoms with E-state index in [9.17, 15) is 0 Å². The van der Waals surface area contributed by atoms with Gasteiger partial charge >= 0.3 is 0 Å². The molecule has 0 saturated carbocycles. The van der Waals surface area contributed by atoms with Gasteiger partial charge in [0.2, 0.25) is 0 Å². The number of aromatic amines is 1. The predicted molar refractivity (Wildman–Crippen MR) is 68.2 cm³/mol. The van der Waals surface area contributed by atoms with E-state index in [1.807, 2.05) is 18.5 Å². The summed E-state index contributed by atoms with van der Waals surface area (Å²) in [5.41, 5.74) is 3.93. The number of aryl methyl sites for hydroxylation is 1. The number of aromatic nitrogens is 5. The minimum Gasteiger partial charge on any atom is -0.267 e. The van der Waals surface area contributed by atoms with Crippen molar-refractivity contribution in [1.29, 1.82) is 0 Å². The van der Waals surface area contributed by atoms with E-state index in [-0.39, 0.29) is 0 Å². The molecule has 0 unspecified atom stereocenters. The Morgan fingerprint density at radius 3 is 2.82 bits per heavy atom. The van der Waals surface area contributed by atoms with Gasteiger partial charge in [0, 0.05) is 6.54 Å². The number of hydrogen-bond acceptors (Lipinski definition) is 4. The van der Waals surface area contributed by atoms with Gasteiger partial charge in [0.25, 0.3) is 0 Å². The molecule has 0 bridgehead atoms. The molecule has 5 nitrogen and oxygen atoms in total. The van der Waals surface area contributed by atoms with Crippen LogP contribution in [-0.4, -0.2) is 25.2 Å². The van der Waals surface area contributed by atoms with Crippen molar-refractivity contribution in [3.05, 3.63) is 22.0 Å². The van der Waals surface area contributed by atoms with Gasteiger partial charge in [0.15, 0.2) is 0 Å². The smallest absolute Gasteiger partial charge is 0.122 e. The molecule has 0 aromatic carbocycles. The van der Waals surface area contributed by atoms with Gasteiger partial charge in [-0.3, -0.25) is 5.10 Å². The highest BCUT2D eigenvalue weighted by atomic mass is 32.1. The van der Waals surface area contributed by atoms with Crippen LogP contribution >= 0.6 is 12.2 Å². The second kappa shape index (κ2) is 4.75. The Kier molecular flexibility index (Phi) is 3.33. The normalized spacial score (nSPS) is 10.8. The first-order valence-corrected chi connectivity index (χ1v) is 6.00. The minimum absolute atomic E-state index is 0.681. The number of rotatable bonds is 3. The lowest BCUT2D eigenvalue weighted by molar-refractivity contribution is 0.582. The van der Waals surface area contributed by atoms with Crippen LogP contribution in [0.1, 0.15) is 24.5 Å². The van der Waals surface area contributed by atoms with Gasteiger partial charge in [0.05, 0.1) is 6.20 Å². The standard InChI is InChI=1S/C11H15N5S/c1-4-5-16-9(6-12-15-16)10-7(2)8(3)11(17)14-13-10/h6H,4-5H2,1-3H3,(H,14,17). The minimum atomic E-state index is 0.681. The summed E-state index contributed by atoms with van der Waals surface area (Å²) in [4.78, 5) is 0. The van der Waals surface area contributed by atoms with Gasteiger partial charge in [-0.15, -0.1) is 5.10 Å². The van der Waals surface area contributed by atoms with Crippen LogP contribution in [0.2, 0.25) is 0 Å². The molecule has 90 valence electrons. The van der Waals surface area contributed by atoms with Crippen LogP contribution < -0.4 is 0 Å². The maximum absolute atomic E-state index is 5.16. The molecule has 0 spiro atoms. The molecule has 0 aliphatic rings. The Morgan fingerprint density at radius 1 is 1.35 bits per heavy atom. The number of H-pyrrole nitrogens is 1. The van der Waals surface area contributed by atoms with Crippen LogP contribution in [0.15, 0.2) is 6.20 Å². The molecule has 1 N–H and O–H groups in total. The highest BCUT2D eigenvalue weighted by Crippen LogP contribution is 2.21. The third kappa shape index (κ3) is 2.12. The Labute approximate surface area is 105 Å². The van der Waals surface area contributed by atoms with E-state index in [1.54, 1.807) is 6.20 Å². The fraction of sp³-hybridized carbons (Fsp3) is 0.455. The second-order valence-electron chi connectivity index (χ2n) is 3.99. The number of nitrogens with zero attached hydrogens (tertiary/aromatic N) is 4. The first kappa shape index (κ1) is 11.9. The topological polar surface area (TPSA) is 59.4 Å². The molecule has 0 aliphatic carbocycles. The Bertz CT molecular complexity index is 584. The van der Waals surface area contributed by atoms with Crippen LogP contribution in [-0.2, 0) is 6.54 Å². The van der Waals surface area contributed by atoms with Crippen molar-refractivity contribution in [2.45, 2.75) is 33.7 Å². The van der Waals surface area contributed by atoms with Crippen LogP contribution in [0.4, 0.5) is 0 Å². The van der Waals surface area contributed by atoms with Gasteiger partial charge in [-0.1, -0.05) is 24.4 Å². The molecule has 6 heteroatoms. The molecular formula is C11H15N5S. The molecule has 2 aromatic heterocycles. The predicted octanol–water partition coefficient (Wildman–Crippen LogP) is 2.42. The lowest BCUT2D eigenvalue weighted by atomic mass is 10.1. The summed E-state index contributed by atoms with van der Waals surface area (Å²) in [6, 6.07) is 0. The van der Waals surface area contributed by atoms with Crippen molar-refractivity contribution in [2.75, 3.05) is 0 Å². The average molecular weight is 249 g/mol. The molecule has 17 heavy (non-hydrogen) atoms. The Morgan fingerprint density at radius 2 is 2.12 bits per heavy atom. The first-order valence-electron chi connectivity index (χ1n) is 5.60. The summed E-state index contributed by atoms with van der Waals surface area (Å²) in [6.07, 6.45) is 2.75. The molecule has 2 rings (SSSR count). The van der Waals surface area contributed by atoms with Crippen LogP contribution in [0.5, 0.6) is 0 Å². The quantitative estimate of drug-likeness (QED) is 0.849. The third-order valence-electron chi connectivity index (χ3n) is 2.82. The van der Waals surface area contributed by atoms with Crippen LogP contribution in [0, 0.1) is 18.5 Å². The van der Waals surface area contributed by atoms with Crippen molar-refractivity contribution in [2.24, 2.45) is 0 Å². The zero-order chi connectivity index (χ0) is 12.4. The summed E-state index contributed by atoms with van der Waals surface area (Å²) in [5.74, 6) is 0. The van der Waals surface area contributed by atoms with Gasteiger partial charge in [-0.05, 0) is 31.4 Å². The van der Waals surface area contributed by atoms with Gasteiger partial charge < -0.3 is 0 Å². The number of hydrogen-bond donors (Lipinski definition) is 1. The summed E-state index contributed by atoms with van der Waals surface area (Å²) < 4.78 is 2.55. The summed E-state index contributed by atoms with van der Waals surface area (Å²) in [5, 5.41) is 15.2. The zero-order valence-corrected chi connectivity index (χ0v) is 11.0. The van der Waals surface area contributed by atoms with Crippen molar-refractivity contribution in [3.8, 4) is 11.4 Å². The molecule has 0 fully saturated rings. The van der Waals surface area contributed by atoms with Crippen molar-refractivity contribution in [1.82, 2.24) is 25.2 Å². The third-order valence-corrected chi connectivity index (χ3v) is 3.22. The molecule has 2 aromatic rings. The van der Waals surface area contributed by atoms with Crippen molar-refractivity contribution >= 4 is 12.2 Å². The Balaban J connectivity index is 2.57. The summed E-state index contributed by atoms with van der Waals surface area (Å²) >= 11 is 5.16. The largest absolute Gasteiger partial charge is 0.267 e. The fourth-order valence-corrected chi connectivity index (χ4v) is 1.89. The molecule has 0 saturated heterocycles. The van der Waals surface area contributed by atoms with E-state index in [1.165, 1.54) is 0 Å². The lowest BCUT2D eigenvalue weighted by Crippen LogP contribution is -2.05. The molecule has 0 radical (unpaired) electrons. The van der Waals surface area contributed by atoms with E-state index < -0.39 is 0 Å². The summed E-state index contributed by atoms with van der Waals surface area (Å²) in [6.45, 7) is 6.96. The lowest BCUT2D eigenvalue weighted by Gasteiger charge is -2.08. The molecule has 2 heterocycles. The number of nitrogens with one attached hydrogen (secondary N) is 1.